The quantitative estimate of drug-likeness (QED) is 0.419. The third kappa shape index (κ3) is 3.55. The molecule has 8 heteroatoms. The molecule has 2 fully saturated rings. The van der Waals surface area contributed by atoms with Crippen molar-refractivity contribution in [2.75, 3.05) is 19.7 Å². The average molecular weight is 395 g/mol. The summed E-state index contributed by atoms with van der Waals surface area (Å²) in [4.78, 5) is 39.6. The highest BCUT2D eigenvalue weighted by Gasteiger charge is 2.51. The Bertz CT molecular complexity index is 705. The van der Waals surface area contributed by atoms with E-state index in [1.807, 2.05) is 6.08 Å². The molecule has 0 aromatic rings. The van der Waals surface area contributed by atoms with Gasteiger partial charge < -0.3 is 19.3 Å². The summed E-state index contributed by atoms with van der Waals surface area (Å²) in [5.74, 6) is -2.69. The van der Waals surface area contributed by atoms with Crippen LogP contribution in [-0.2, 0) is 28.6 Å². The molecule has 156 valence electrons. The first-order valence-corrected chi connectivity index (χ1v) is 9.84. The first-order chi connectivity index (χ1) is 13.1. The summed E-state index contributed by atoms with van der Waals surface area (Å²) >= 11 is 0. The zero-order chi connectivity index (χ0) is 20.7. The van der Waals surface area contributed by atoms with Crippen molar-refractivity contribution in [2.45, 2.75) is 70.3 Å². The zero-order valence-electron chi connectivity index (χ0n) is 16.9. The zero-order valence-corrected chi connectivity index (χ0v) is 16.9. The largest absolute Gasteiger partial charge is 0.458 e. The molecule has 0 aromatic heterocycles. The van der Waals surface area contributed by atoms with Crippen LogP contribution in [0.5, 0.6) is 0 Å². The minimum atomic E-state index is -1.78. The van der Waals surface area contributed by atoms with Crippen LogP contribution in [0.3, 0.4) is 0 Å². The van der Waals surface area contributed by atoms with Gasteiger partial charge in [-0.05, 0) is 31.8 Å². The van der Waals surface area contributed by atoms with Crippen LogP contribution in [0, 0.1) is 5.92 Å². The fourth-order valence-electron chi connectivity index (χ4n) is 4.38. The Kier molecular flexibility index (Phi) is 5.55. The molecular formula is C20H29NO7. The van der Waals surface area contributed by atoms with E-state index in [0.717, 1.165) is 12.1 Å². The number of rotatable bonds is 2. The van der Waals surface area contributed by atoms with Crippen LogP contribution in [-0.4, -0.2) is 71.0 Å². The van der Waals surface area contributed by atoms with E-state index in [1.165, 1.54) is 13.8 Å². The van der Waals surface area contributed by atoms with E-state index >= 15 is 0 Å². The molecule has 0 spiro atoms. The smallest absolute Gasteiger partial charge is 0.350 e. The molecule has 3 aliphatic rings. The molecule has 5 atom stereocenters. The Morgan fingerprint density at radius 2 is 2.11 bits per heavy atom. The fraction of sp³-hybridized carbons (Fsp3) is 0.750. The van der Waals surface area contributed by atoms with Crippen molar-refractivity contribution in [1.82, 2.24) is 4.90 Å². The molecule has 3 heterocycles. The van der Waals surface area contributed by atoms with Crippen molar-refractivity contribution in [1.29, 1.82) is 0 Å². The summed E-state index contributed by atoms with van der Waals surface area (Å²) in [6, 6.07) is -0.158. The van der Waals surface area contributed by atoms with Gasteiger partial charge in [-0.1, -0.05) is 19.9 Å². The van der Waals surface area contributed by atoms with E-state index in [9.17, 15) is 19.5 Å². The van der Waals surface area contributed by atoms with Gasteiger partial charge in [0.15, 0.2) is 5.60 Å². The third-order valence-electron chi connectivity index (χ3n) is 6.35. The van der Waals surface area contributed by atoms with Crippen LogP contribution >= 0.6 is 0 Å². The van der Waals surface area contributed by atoms with E-state index in [-0.39, 0.29) is 31.6 Å². The van der Waals surface area contributed by atoms with Gasteiger partial charge in [0.1, 0.15) is 12.7 Å². The second-order valence-corrected chi connectivity index (χ2v) is 8.22. The maximum atomic E-state index is 12.9. The Morgan fingerprint density at radius 3 is 2.75 bits per heavy atom. The van der Waals surface area contributed by atoms with Crippen LogP contribution in [0.25, 0.3) is 0 Å². The minimum absolute atomic E-state index is 0.0513. The Hall–Kier alpha value is -1.93. The molecule has 5 unspecified atom stereocenters. The van der Waals surface area contributed by atoms with Gasteiger partial charge in [0.25, 0.3) is 0 Å². The molecule has 0 bridgehead atoms. The molecule has 0 aliphatic carbocycles. The monoisotopic (exact) mass is 395 g/mol. The van der Waals surface area contributed by atoms with Gasteiger partial charge in [-0.25, -0.2) is 9.59 Å². The number of nitrogens with zero attached hydrogens (tertiary/aromatic N) is 1. The average Bonchev–Trinajstić information content (AvgIpc) is 3.21. The van der Waals surface area contributed by atoms with Gasteiger partial charge in [-0.2, -0.15) is 0 Å². The number of carbonyl (C=O) groups is 3. The van der Waals surface area contributed by atoms with Gasteiger partial charge >= 0.3 is 17.9 Å². The summed E-state index contributed by atoms with van der Waals surface area (Å²) in [5.41, 5.74) is -2.54. The fourth-order valence-corrected chi connectivity index (χ4v) is 4.38. The SMILES string of the molecule is CCC1(O)CC(C)C(C)(OC(C)=O)C(=O)OCC2=CCN3CCC(OC1=O)C23. The molecule has 0 radical (unpaired) electrons. The number of hydrogen-bond donors (Lipinski definition) is 1. The third-order valence-corrected chi connectivity index (χ3v) is 6.35. The van der Waals surface area contributed by atoms with Crippen molar-refractivity contribution in [2.24, 2.45) is 5.92 Å². The molecule has 28 heavy (non-hydrogen) atoms. The second-order valence-electron chi connectivity index (χ2n) is 8.22. The van der Waals surface area contributed by atoms with Crippen molar-refractivity contribution < 1.29 is 33.7 Å². The van der Waals surface area contributed by atoms with Crippen LogP contribution in [0.1, 0.15) is 47.0 Å². The highest BCUT2D eigenvalue weighted by atomic mass is 16.6. The number of hydrogen-bond acceptors (Lipinski definition) is 8. The molecule has 3 aliphatic heterocycles. The van der Waals surface area contributed by atoms with Crippen LogP contribution in [0.2, 0.25) is 0 Å². The van der Waals surface area contributed by atoms with Crippen molar-refractivity contribution in [3.63, 3.8) is 0 Å². The van der Waals surface area contributed by atoms with Crippen molar-refractivity contribution in [3.8, 4) is 0 Å². The molecule has 3 rings (SSSR count). The summed E-state index contributed by atoms with van der Waals surface area (Å²) in [6.45, 7) is 7.52. The van der Waals surface area contributed by atoms with Crippen molar-refractivity contribution >= 4 is 17.9 Å². The first kappa shape index (κ1) is 20.8. The summed E-state index contributed by atoms with van der Waals surface area (Å²) in [5, 5.41) is 11.0. The van der Waals surface area contributed by atoms with Crippen LogP contribution in [0.4, 0.5) is 0 Å². The first-order valence-electron chi connectivity index (χ1n) is 9.84. The maximum Gasteiger partial charge on any atom is 0.350 e. The van der Waals surface area contributed by atoms with E-state index in [1.54, 1.807) is 13.8 Å². The highest BCUT2D eigenvalue weighted by molar-refractivity contribution is 5.84. The van der Waals surface area contributed by atoms with Gasteiger partial charge in [-0.3, -0.25) is 9.69 Å². The van der Waals surface area contributed by atoms with E-state index in [2.05, 4.69) is 4.90 Å². The summed E-state index contributed by atoms with van der Waals surface area (Å²) in [6.07, 6.45) is 2.29. The molecule has 1 N–H and O–H groups in total. The second kappa shape index (κ2) is 7.48. The predicted octanol–water partition coefficient (Wildman–Crippen LogP) is 0.958. The lowest BCUT2D eigenvalue weighted by Crippen LogP contribution is -2.53. The standard InChI is InChI=1S/C20H29NO7/c1-5-20(25)10-12(2)19(4,28-13(3)22)17(23)26-11-14-6-8-21-9-7-15(16(14)21)27-18(20)24/h6,12,15-16,25H,5,7-11H2,1-4H3. The highest BCUT2D eigenvalue weighted by Crippen LogP contribution is 2.37. The van der Waals surface area contributed by atoms with Gasteiger partial charge in [0.05, 0.1) is 6.04 Å². The summed E-state index contributed by atoms with van der Waals surface area (Å²) < 4.78 is 16.6. The molecule has 0 saturated carbocycles. The van der Waals surface area contributed by atoms with E-state index in [4.69, 9.17) is 14.2 Å². The van der Waals surface area contributed by atoms with Gasteiger partial charge in [-0.15, -0.1) is 0 Å². The molecule has 2 saturated heterocycles. The number of aliphatic hydroxyl groups is 1. The van der Waals surface area contributed by atoms with E-state index < -0.39 is 35.0 Å². The Balaban J connectivity index is 1.97. The topological polar surface area (TPSA) is 102 Å². The van der Waals surface area contributed by atoms with Crippen molar-refractivity contribution in [3.05, 3.63) is 11.6 Å². The Labute approximate surface area is 164 Å². The van der Waals surface area contributed by atoms with E-state index in [0.29, 0.717) is 13.0 Å². The normalized spacial score (nSPS) is 39.2. The number of carbonyl (C=O) groups excluding carboxylic acids is 3. The lowest BCUT2D eigenvalue weighted by molar-refractivity contribution is -0.192. The predicted molar refractivity (Wildman–Crippen MR) is 98.1 cm³/mol. The van der Waals surface area contributed by atoms with Crippen LogP contribution < -0.4 is 0 Å². The lowest BCUT2D eigenvalue weighted by Gasteiger charge is -2.38. The Morgan fingerprint density at radius 1 is 1.39 bits per heavy atom. The number of ether oxygens (including phenoxy) is 3. The molecule has 8 nitrogen and oxygen atoms in total. The lowest BCUT2D eigenvalue weighted by atomic mass is 9.79. The number of esters is 3. The number of cyclic esters (lactones) is 1. The molecule has 0 amide bonds. The molecule has 0 aromatic carbocycles. The minimum Gasteiger partial charge on any atom is -0.458 e. The molecular weight excluding hydrogens is 366 g/mol. The van der Waals surface area contributed by atoms with Gasteiger partial charge in [0.2, 0.25) is 5.60 Å². The summed E-state index contributed by atoms with van der Waals surface area (Å²) in [7, 11) is 0. The van der Waals surface area contributed by atoms with Gasteiger partial charge in [0, 0.05) is 25.9 Å². The maximum absolute atomic E-state index is 12.9. The van der Waals surface area contributed by atoms with Crippen LogP contribution in [0.15, 0.2) is 11.6 Å².